The van der Waals surface area contributed by atoms with Crippen LogP contribution in [0.15, 0.2) is 33.7 Å². The molecular formula is C20H31BrN4O2. The van der Waals surface area contributed by atoms with E-state index >= 15 is 0 Å². The van der Waals surface area contributed by atoms with Crippen molar-refractivity contribution in [3.8, 4) is 0 Å². The maximum Gasteiger partial charge on any atom is 0.243 e. The van der Waals surface area contributed by atoms with Crippen molar-refractivity contribution >= 4 is 27.8 Å². The van der Waals surface area contributed by atoms with Crippen molar-refractivity contribution in [2.75, 3.05) is 46.9 Å². The molecule has 2 rings (SSSR count). The van der Waals surface area contributed by atoms with Crippen LogP contribution < -0.4 is 10.6 Å². The summed E-state index contributed by atoms with van der Waals surface area (Å²) < 4.78 is 6.48. The zero-order chi connectivity index (χ0) is 19.7. The number of nitrogens with one attached hydrogen (secondary N) is 2. The highest BCUT2D eigenvalue weighted by molar-refractivity contribution is 9.10. The number of ether oxygens (including phenoxy) is 1. The van der Waals surface area contributed by atoms with Gasteiger partial charge in [-0.2, -0.15) is 0 Å². The number of amides is 1. The van der Waals surface area contributed by atoms with Gasteiger partial charge in [0.2, 0.25) is 5.91 Å². The fourth-order valence-corrected chi connectivity index (χ4v) is 3.18. The van der Waals surface area contributed by atoms with Gasteiger partial charge in [-0.1, -0.05) is 28.1 Å². The SMILES string of the molecule is CCOCCCNC(=NCC(=O)N(C)C)NCC1(c2cccc(Br)c2)CC1. The van der Waals surface area contributed by atoms with E-state index in [0.717, 1.165) is 50.0 Å². The lowest BCUT2D eigenvalue weighted by Gasteiger charge is -2.20. The van der Waals surface area contributed by atoms with E-state index in [9.17, 15) is 4.79 Å². The van der Waals surface area contributed by atoms with Crippen LogP contribution in [0.4, 0.5) is 0 Å². The first-order chi connectivity index (χ1) is 13.0. The molecule has 0 spiro atoms. The fourth-order valence-electron chi connectivity index (χ4n) is 2.78. The van der Waals surface area contributed by atoms with E-state index in [-0.39, 0.29) is 17.9 Å². The van der Waals surface area contributed by atoms with Gasteiger partial charge in [0, 0.05) is 50.3 Å². The Bertz CT molecular complexity index is 645. The Morgan fingerprint density at radius 3 is 2.74 bits per heavy atom. The van der Waals surface area contributed by atoms with Crippen molar-refractivity contribution < 1.29 is 9.53 Å². The second-order valence-electron chi connectivity index (χ2n) is 7.07. The third kappa shape index (κ3) is 7.14. The van der Waals surface area contributed by atoms with Crippen molar-refractivity contribution in [3.63, 3.8) is 0 Å². The van der Waals surface area contributed by atoms with Crippen LogP contribution in [-0.4, -0.2) is 63.7 Å². The van der Waals surface area contributed by atoms with Crippen LogP contribution in [0.1, 0.15) is 31.7 Å². The Kier molecular flexibility index (Phi) is 8.57. The van der Waals surface area contributed by atoms with E-state index < -0.39 is 0 Å². The molecule has 1 fully saturated rings. The zero-order valence-corrected chi connectivity index (χ0v) is 18.1. The van der Waals surface area contributed by atoms with Crippen LogP contribution in [-0.2, 0) is 14.9 Å². The molecule has 0 aliphatic heterocycles. The van der Waals surface area contributed by atoms with Gasteiger partial charge in [-0.05, 0) is 43.9 Å². The molecule has 0 unspecified atom stereocenters. The molecule has 1 aliphatic rings. The number of guanidine groups is 1. The van der Waals surface area contributed by atoms with Crippen molar-refractivity contribution in [1.82, 2.24) is 15.5 Å². The third-order valence-corrected chi connectivity index (χ3v) is 5.21. The first-order valence-electron chi connectivity index (χ1n) is 9.53. The Hall–Kier alpha value is -1.60. The summed E-state index contributed by atoms with van der Waals surface area (Å²) in [6.45, 7) is 5.13. The standard InChI is InChI=1S/C20H31BrN4O2/c1-4-27-12-6-11-22-19(23-14-18(26)25(2)3)24-15-20(9-10-20)16-7-5-8-17(21)13-16/h5,7-8,13H,4,6,9-12,14-15H2,1-3H3,(H2,22,23,24). The van der Waals surface area contributed by atoms with Gasteiger partial charge in [-0.25, -0.2) is 4.99 Å². The minimum absolute atomic E-state index is 0.0152. The Labute approximate surface area is 170 Å². The smallest absolute Gasteiger partial charge is 0.243 e. The molecule has 0 aromatic heterocycles. The molecule has 0 atom stereocenters. The average molecular weight is 439 g/mol. The van der Waals surface area contributed by atoms with Gasteiger partial charge < -0.3 is 20.3 Å². The first-order valence-corrected chi connectivity index (χ1v) is 10.3. The van der Waals surface area contributed by atoms with Gasteiger partial charge in [0.15, 0.2) is 5.96 Å². The molecule has 150 valence electrons. The zero-order valence-electron chi connectivity index (χ0n) is 16.6. The summed E-state index contributed by atoms with van der Waals surface area (Å²) in [6.07, 6.45) is 3.21. The van der Waals surface area contributed by atoms with Gasteiger partial charge in [-0.3, -0.25) is 4.79 Å². The predicted octanol–water partition coefficient (Wildman–Crippen LogP) is 2.53. The van der Waals surface area contributed by atoms with Crippen molar-refractivity contribution in [3.05, 3.63) is 34.3 Å². The van der Waals surface area contributed by atoms with Crippen LogP contribution in [0.25, 0.3) is 0 Å². The molecule has 2 N–H and O–H groups in total. The van der Waals surface area contributed by atoms with Crippen LogP contribution in [0.5, 0.6) is 0 Å². The highest BCUT2D eigenvalue weighted by Crippen LogP contribution is 2.48. The quantitative estimate of drug-likeness (QED) is 0.334. The van der Waals surface area contributed by atoms with Crippen LogP contribution >= 0.6 is 15.9 Å². The Morgan fingerprint density at radius 1 is 1.33 bits per heavy atom. The van der Waals surface area contributed by atoms with E-state index in [2.05, 4.69) is 49.8 Å². The summed E-state index contributed by atoms with van der Waals surface area (Å²) in [4.78, 5) is 17.9. The maximum atomic E-state index is 11.9. The lowest BCUT2D eigenvalue weighted by Crippen LogP contribution is -2.42. The number of halogens is 1. The van der Waals surface area contributed by atoms with Crippen molar-refractivity contribution in [2.45, 2.75) is 31.6 Å². The first kappa shape index (κ1) is 21.7. The molecule has 0 radical (unpaired) electrons. The molecule has 1 saturated carbocycles. The number of hydrogen-bond donors (Lipinski definition) is 2. The molecule has 27 heavy (non-hydrogen) atoms. The molecule has 0 saturated heterocycles. The number of hydrogen-bond acceptors (Lipinski definition) is 3. The minimum atomic E-state index is -0.0152. The van der Waals surface area contributed by atoms with Crippen molar-refractivity contribution in [1.29, 1.82) is 0 Å². The molecule has 0 bridgehead atoms. The molecule has 1 aromatic rings. The second kappa shape index (κ2) is 10.7. The number of carbonyl (C=O) groups is 1. The van der Waals surface area contributed by atoms with Gasteiger partial charge in [0.1, 0.15) is 6.54 Å². The number of carbonyl (C=O) groups excluding carboxylic acids is 1. The van der Waals surface area contributed by atoms with Crippen LogP contribution in [0.2, 0.25) is 0 Å². The molecule has 1 aliphatic carbocycles. The summed E-state index contributed by atoms with van der Waals surface area (Å²) in [5, 5.41) is 6.75. The molecule has 7 heteroatoms. The molecular weight excluding hydrogens is 408 g/mol. The Balaban J connectivity index is 1.94. The molecule has 1 aromatic carbocycles. The highest BCUT2D eigenvalue weighted by Gasteiger charge is 2.44. The number of rotatable bonds is 10. The van der Waals surface area contributed by atoms with Gasteiger partial charge in [0.05, 0.1) is 0 Å². The van der Waals surface area contributed by atoms with E-state index in [1.807, 2.05) is 13.0 Å². The third-order valence-electron chi connectivity index (χ3n) is 4.72. The van der Waals surface area contributed by atoms with Gasteiger partial charge >= 0.3 is 0 Å². The van der Waals surface area contributed by atoms with E-state index in [4.69, 9.17) is 4.74 Å². The highest BCUT2D eigenvalue weighted by atomic mass is 79.9. The largest absolute Gasteiger partial charge is 0.382 e. The summed E-state index contributed by atoms with van der Waals surface area (Å²) in [5.41, 5.74) is 1.49. The summed E-state index contributed by atoms with van der Waals surface area (Å²) >= 11 is 3.56. The number of aliphatic imine (C=N–C) groups is 1. The van der Waals surface area contributed by atoms with E-state index in [1.165, 1.54) is 5.56 Å². The Morgan fingerprint density at radius 2 is 2.11 bits per heavy atom. The van der Waals surface area contributed by atoms with Crippen LogP contribution in [0, 0.1) is 0 Å². The number of nitrogens with zero attached hydrogens (tertiary/aromatic N) is 2. The molecule has 6 nitrogen and oxygen atoms in total. The van der Waals surface area contributed by atoms with E-state index in [1.54, 1.807) is 19.0 Å². The fraction of sp³-hybridized carbons (Fsp3) is 0.600. The lowest BCUT2D eigenvalue weighted by molar-refractivity contribution is -0.127. The topological polar surface area (TPSA) is 66.0 Å². The summed E-state index contributed by atoms with van der Waals surface area (Å²) in [7, 11) is 3.49. The van der Waals surface area contributed by atoms with Crippen molar-refractivity contribution in [2.24, 2.45) is 4.99 Å². The second-order valence-corrected chi connectivity index (χ2v) is 7.99. The van der Waals surface area contributed by atoms with Gasteiger partial charge in [0.25, 0.3) is 0 Å². The predicted molar refractivity (Wildman–Crippen MR) is 113 cm³/mol. The summed E-state index contributed by atoms with van der Waals surface area (Å²) in [5.74, 6) is 0.668. The van der Waals surface area contributed by atoms with Gasteiger partial charge in [-0.15, -0.1) is 0 Å². The average Bonchev–Trinajstić information content (AvgIpc) is 3.44. The monoisotopic (exact) mass is 438 g/mol. The lowest BCUT2D eigenvalue weighted by atomic mass is 9.96. The number of likely N-dealkylation sites (N-methyl/N-ethyl adjacent to an activating group) is 1. The minimum Gasteiger partial charge on any atom is -0.382 e. The summed E-state index contributed by atoms with van der Waals surface area (Å²) in [6, 6.07) is 8.50. The molecule has 1 amide bonds. The number of benzene rings is 1. The maximum absolute atomic E-state index is 11.9. The van der Waals surface area contributed by atoms with Crippen LogP contribution in [0.3, 0.4) is 0 Å². The van der Waals surface area contributed by atoms with E-state index in [0.29, 0.717) is 5.96 Å². The molecule has 0 heterocycles. The normalized spacial score (nSPS) is 15.3.